The van der Waals surface area contributed by atoms with Crippen molar-refractivity contribution in [3.63, 3.8) is 0 Å². The van der Waals surface area contributed by atoms with Gasteiger partial charge in [-0.15, -0.1) is 0 Å². The summed E-state index contributed by atoms with van der Waals surface area (Å²) in [5, 5.41) is 3.54. The van der Waals surface area contributed by atoms with Crippen molar-refractivity contribution in [3.8, 4) is 0 Å². The van der Waals surface area contributed by atoms with Crippen molar-refractivity contribution in [2.75, 3.05) is 31.9 Å². The van der Waals surface area contributed by atoms with Gasteiger partial charge in [0, 0.05) is 36.2 Å². The van der Waals surface area contributed by atoms with Crippen LogP contribution in [0.1, 0.15) is 33.6 Å². The van der Waals surface area contributed by atoms with Crippen molar-refractivity contribution in [1.29, 1.82) is 0 Å². The maximum Gasteiger partial charge on any atom is 0.0231 e. The maximum atomic E-state index is 3.54. The van der Waals surface area contributed by atoms with Crippen molar-refractivity contribution < 1.29 is 0 Å². The van der Waals surface area contributed by atoms with Gasteiger partial charge in [0.25, 0.3) is 0 Å². The predicted molar refractivity (Wildman–Crippen MR) is 73.2 cm³/mol. The van der Waals surface area contributed by atoms with E-state index in [2.05, 4.69) is 42.7 Å². The minimum absolute atomic E-state index is 0.469. The average Bonchev–Trinajstić information content (AvgIpc) is 2.15. The van der Waals surface area contributed by atoms with E-state index in [1.165, 1.54) is 44.8 Å². The fourth-order valence-electron chi connectivity index (χ4n) is 3.04. The lowest BCUT2D eigenvalue weighted by Gasteiger charge is -2.40. The monoisotopic (exact) mass is 242 g/mol. The van der Waals surface area contributed by atoms with E-state index in [4.69, 9.17) is 0 Å². The maximum absolute atomic E-state index is 3.54. The zero-order valence-corrected chi connectivity index (χ0v) is 11.8. The number of thioether (sulfide) groups is 1. The Labute approximate surface area is 105 Å². The molecule has 2 saturated heterocycles. The SMILES string of the molecule is CC1CC(CN2CCSC(C)(C)C2)CCN1. The van der Waals surface area contributed by atoms with Crippen LogP contribution < -0.4 is 5.32 Å². The van der Waals surface area contributed by atoms with Crippen molar-refractivity contribution in [2.45, 2.75) is 44.4 Å². The molecule has 2 aliphatic rings. The molecule has 2 fully saturated rings. The number of hydrogen-bond donors (Lipinski definition) is 1. The topological polar surface area (TPSA) is 15.3 Å². The summed E-state index contributed by atoms with van der Waals surface area (Å²) in [7, 11) is 0. The fourth-order valence-corrected chi connectivity index (χ4v) is 4.21. The van der Waals surface area contributed by atoms with Gasteiger partial charge in [-0.3, -0.25) is 0 Å². The van der Waals surface area contributed by atoms with Crippen LogP contribution in [-0.2, 0) is 0 Å². The molecule has 16 heavy (non-hydrogen) atoms. The van der Waals surface area contributed by atoms with E-state index in [1.807, 2.05) is 0 Å². The highest BCUT2D eigenvalue weighted by molar-refractivity contribution is 8.00. The van der Waals surface area contributed by atoms with Crippen molar-refractivity contribution >= 4 is 11.8 Å². The molecule has 2 aliphatic heterocycles. The summed E-state index contributed by atoms with van der Waals surface area (Å²) in [5.41, 5.74) is 0. The fraction of sp³-hybridized carbons (Fsp3) is 1.00. The summed E-state index contributed by atoms with van der Waals surface area (Å²) in [6.45, 7) is 12.2. The van der Waals surface area contributed by atoms with Crippen molar-refractivity contribution in [1.82, 2.24) is 10.2 Å². The van der Waals surface area contributed by atoms with Crippen molar-refractivity contribution in [2.24, 2.45) is 5.92 Å². The van der Waals surface area contributed by atoms with Crippen LogP contribution in [0.2, 0.25) is 0 Å². The van der Waals surface area contributed by atoms with Gasteiger partial charge < -0.3 is 10.2 Å². The average molecular weight is 242 g/mol. The third kappa shape index (κ3) is 3.64. The molecule has 94 valence electrons. The molecule has 0 aliphatic carbocycles. The smallest absolute Gasteiger partial charge is 0.0231 e. The molecule has 0 saturated carbocycles. The third-order valence-corrected chi connectivity index (χ3v) is 5.05. The second kappa shape index (κ2) is 5.28. The minimum atomic E-state index is 0.469. The lowest BCUT2D eigenvalue weighted by atomic mass is 9.92. The highest BCUT2D eigenvalue weighted by Gasteiger charge is 2.29. The Balaban J connectivity index is 1.80. The number of nitrogens with zero attached hydrogens (tertiary/aromatic N) is 1. The second-order valence-electron chi connectivity index (χ2n) is 6.09. The van der Waals surface area contributed by atoms with E-state index in [1.54, 1.807) is 0 Å². The Morgan fingerprint density at radius 2 is 2.25 bits per heavy atom. The Hall–Kier alpha value is 0.270. The molecular formula is C13H26N2S. The van der Waals surface area contributed by atoms with Crippen LogP contribution in [0.5, 0.6) is 0 Å². The van der Waals surface area contributed by atoms with E-state index >= 15 is 0 Å². The van der Waals surface area contributed by atoms with Crippen LogP contribution in [0.15, 0.2) is 0 Å². The van der Waals surface area contributed by atoms with Crippen molar-refractivity contribution in [3.05, 3.63) is 0 Å². The van der Waals surface area contributed by atoms with E-state index in [-0.39, 0.29) is 0 Å². The Bertz CT molecular complexity index is 230. The van der Waals surface area contributed by atoms with Gasteiger partial charge in [0.2, 0.25) is 0 Å². The van der Waals surface area contributed by atoms with Crippen LogP contribution >= 0.6 is 11.8 Å². The van der Waals surface area contributed by atoms with Gasteiger partial charge in [-0.2, -0.15) is 11.8 Å². The van der Waals surface area contributed by atoms with Gasteiger partial charge in [0.05, 0.1) is 0 Å². The second-order valence-corrected chi connectivity index (χ2v) is 7.89. The highest BCUT2D eigenvalue weighted by Crippen LogP contribution is 2.30. The molecule has 0 bridgehead atoms. The normalized spacial score (nSPS) is 36.2. The summed E-state index contributed by atoms with van der Waals surface area (Å²) in [6, 6.07) is 0.728. The molecule has 0 aromatic heterocycles. The molecule has 2 atom stereocenters. The van der Waals surface area contributed by atoms with Gasteiger partial charge in [-0.05, 0) is 46.1 Å². The third-order valence-electron chi connectivity index (χ3n) is 3.75. The van der Waals surface area contributed by atoms with Crippen LogP contribution in [0.3, 0.4) is 0 Å². The first-order valence-electron chi connectivity index (χ1n) is 6.65. The minimum Gasteiger partial charge on any atom is -0.314 e. The predicted octanol–water partition coefficient (Wildman–Crippen LogP) is 2.20. The molecule has 2 nitrogen and oxygen atoms in total. The molecule has 0 aromatic rings. The molecule has 2 heterocycles. The van der Waals surface area contributed by atoms with Gasteiger partial charge in [0.15, 0.2) is 0 Å². The Kier molecular flexibility index (Phi) is 4.20. The molecule has 1 N–H and O–H groups in total. The molecular weight excluding hydrogens is 216 g/mol. The first-order chi connectivity index (χ1) is 7.55. The first-order valence-corrected chi connectivity index (χ1v) is 7.63. The first kappa shape index (κ1) is 12.7. The van der Waals surface area contributed by atoms with Gasteiger partial charge in [-0.1, -0.05) is 0 Å². The lowest BCUT2D eigenvalue weighted by Crippen LogP contribution is -2.47. The van der Waals surface area contributed by atoms with E-state index in [9.17, 15) is 0 Å². The standard InChI is InChI=1S/C13H26N2S/c1-11-8-12(4-5-14-11)9-15-6-7-16-13(2,3)10-15/h11-12,14H,4-10H2,1-3H3. The summed E-state index contributed by atoms with van der Waals surface area (Å²) >= 11 is 2.13. The summed E-state index contributed by atoms with van der Waals surface area (Å²) < 4.78 is 0.469. The number of hydrogen-bond acceptors (Lipinski definition) is 3. The van der Waals surface area contributed by atoms with E-state index in [0.717, 1.165) is 12.0 Å². The highest BCUT2D eigenvalue weighted by atomic mass is 32.2. The zero-order chi connectivity index (χ0) is 11.6. The van der Waals surface area contributed by atoms with E-state index in [0.29, 0.717) is 4.75 Å². The molecule has 2 rings (SSSR count). The number of rotatable bonds is 2. The molecule has 0 spiro atoms. The van der Waals surface area contributed by atoms with E-state index < -0.39 is 0 Å². The number of nitrogens with one attached hydrogen (secondary N) is 1. The largest absolute Gasteiger partial charge is 0.314 e. The summed E-state index contributed by atoms with van der Waals surface area (Å²) in [6.07, 6.45) is 2.73. The quantitative estimate of drug-likeness (QED) is 0.799. The Morgan fingerprint density at radius 1 is 1.44 bits per heavy atom. The molecule has 0 radical (unpaired) electrons. The Morgan fingerprint density at radius 3 is 2.94 bits per heavy atom. The zero-order valence-electron chi connectivity index (χ0n) is 11.0. The molecule has 0 aromatic carbocycles. The molecule has 2 unspecified atom stereocenters. The van der Waals surface area contributed by atoms with Crippen LogP contribution in [0.4, 0.5) is 0 Å². The van der Waals surface area contributed by atoms with Gasteiger partial charge in [-0.25, -0.2) is 0 Å². The molecule has 3 heteroatoms. The van der Waals surface area contributed by atoms with Crippen LogP contribution in [0.25, 0.3) is 0 Å². The summed E-state index contributed by atoms with van der Waals surface area (Å²) in [5.74, 6) is 2.24. The van der Waals surface area contributed by atoms with Crippen LogP contribution in [-0.4, -0.2) is 47.6 Å². The number of piperidine rings is 1. The van der Waals surface area contributed by atoms with Gasteiger partial charge in [0.1, 0.15) is 0 Å². The van der Waals surface area contributed by atoms with Gasteiger partial charge >= 0.3 is 0 Å². The summed E-state index contributed by atoms with van der Waals surface area (Å²) in [4.78, 5) is 2.69. The van der Waals surface area contributed by atoms with Crippen LogP contribution in [0, 0.1) is 5.92 Å². The lowest BCUT2D eigenvalue weighted by molar-refractivity contribution is 0.185. The molecule has 0 amide bonds.